The summed E-state index contributed by atoms with van der Waals surface area (Å²) in [5.41, 5.74) is 1.97. The van der Waals surface area contributed by atoms with Crippen LogP contribution in [-0.2, 0) is 4.74 Å². The summed E-state index contributed by atoms with van der Waals surface area (Å²) < 4.78 is 11.3. The molecule has 3 heterocycles. The first kappa shape index (κ1) is 18.4. The Morgan fingerprint density at radius 3 is 2.74 bits per heavy atom. The van der Waals surface area contributed by atoms with Gasteiger partial charge in [-0.25, -0.2) is 4.98 Å². The summed E-state index contributed by atoms with van der Waals surface area (Å²) in [5.74, 6) is 2.05. The minimum Gasteiger partial charge on any atom is -0.378 e. The maximum Gasteiger partial charge on any atom is 0.261 e. The summed E-state index contributed by atoms with van der Waals surface area (Å²) >= 11 is 0. The average molecular weight is 371 g/mol. The molecule has 4 rings (SSSR count). The molecule has 0 unspecified atom stereocenters. The van der Waals surface area contributed by atoms with Gasteiger partial charge in [0.2, 0.25) is 0 Å². The lowest BCUT2D eigenvalue weighted by molar-refractivity contribution is 0.0558. The maximum atomic E-state index is 5.86. The predicted octanol–water partition coefficient (Wildman–Crippen LogP) is 2.87. The Hall–Kier alpha value is -1.99. The van der Waals surface area contributed by atoms with Crippen LogP contribution in [0.15, 0.2) is 16.8 Å². The number of hydrogen-bond donors (Lipinski definition) is 1. The van der Waals surface area contributed by atoms with Crippen LogP contribution in [0, 0.1) is 13.8 Å². The van der Waals surface area contributed by atoms with Gasteiger partial charge in [0.15, 0.2) is 5.82 Å². The van der Waals surface area contributed by atoms with Crippen molar-refractivity contribution in [2.75, 3.05) is 25.1 Å². The smallest absolute Gasteiger partial charge is 0.261 e. The summed E-state index contributed by atoms with van der Waals surface area (Å²) in [6.45, 7) is 5.59. The van der Waals surface area contributed by atoms with Gasteiger partial charge >= 0.3 is 0 Å². The van der Waals surface area contributed by atoms with Gasteiger partial charge in [-0.1, -0.05) is 18.0 Å². The van der Waals surface area contributed by atoms with Crippen LogP contribution in [-0.4, -0.2) is 53.5 Å². The fourth-order valence-electron chi connectivity index (χ4n) is 4.31. The number of rotatable bonds is 5. The van der Waals surface area contributed by atoms with E-state index in [1.165, 1.54) is 25.7 Å². The predicted molar refractivity (Wildman–Crippen MR) is 104 cm³/mol. The largest absolute Gasteiger partial charge is 0.378 e. The lowest BCUT2D eigenvalue weighted by atomic mass is 9.99. The van der Waals surface area contributed by atoms with E-state index in [1.807, 2.05) is 27.2 Å². The van der Waals surface area contributed by atoms with E-state index in [2.05, 4.69) is 26.4 Å². The molecule has 0 amide bonds. The summed E-state index contributed by atoms with van der Waals surface area (Å²) in [6.07, 6.45) is 8.33. The lowest BCUT2D eigenvalue weighted by Crippen LogP contribution is -2.55. The van der Waals surface area contributed by atoms with Crippen LogP contribution >= 0.6 is 0 Å². The van der Waals surface area contributed by atoms with Gasteiger partial charge in [-0.05, 0) is 44.7 Å². The highest BCUT2D eigenvalue weighted by Gasteiger charge is 2.33. The van der Waals surface area contributed by atoms with Crippen molar-refractivity contribution in [3.8, 4) is 11.5 Å². The van der Waals surface area contributed by atoms with Gasteiger partial charge in [0, 0.05) is 38.5 Å². The van der Waals surface area contributed by atoms with Crippen molar-refractivity contribution < 1.29 is 9.26 Å². The summed E-state index contributed by atoms with van der Waals surface area (Å²) in [6, 6.07) is 3.11. The van der Waals surface area contributed by atoms with E-state index in [0.29, 0.717) is 23.8 Å². The van der Waals surface area contributed by atoms with E-state index in [4.69, 9.17) is 14.2 Å². The molecule has 0 aromatic carbocycles. The first-order chi connectivity index (χ1) is 13.1. The second-order valence-electron chi connectivity index (χ2n) is 7.79. The molecule has 7 nitrogen and oxygen atoms in total. The number of hydrogen-bond acceptors (Lipinski definition) is 7. The van der Waals surface area contributed by atoms with Gasteiger partial charge in [-0.15, -0.1) is 0 Å². The van der Waals surface area contributed by atoms with Crippen LogP contribution in [0.1, 0.15) is 43.5 Å². The number of nitrogens with one attached hydrogen (secondary N) is 1. The fourth-order valence-corrected chi connectivity index (χ4v) is 4.31. The highest BCUT2D eigenvalue weighted by molar-refractivity contribution is 5.70. The maximum absolute atomic E-state index is 5.86. The number of pyridine rings is 1. The van der Waals surface area contributed by atoms with E-state index < -0.39 is 0 Å². The molecule has 2 aliphatic rings. The highest BCUT2D eigenvalue weighted by Crippen LogP contribution is 2.31. The van der Waals surface area contributed by atoms with E-state index in [1.54, 1.807) is 0 Å². The monoisotopic (exact) mass is 371 g/mol. The van der Waals surface area contributed by atoms with Gasteiger partial charge in [-0.3, -0.25) is 0 Å². The first-order valence-corrected chi connectivity index (χ1v) is 9.95. The molecule has 1 N–H and O–H groups in total. The molecule has 2 aromatic rings. The number of aryl methyl sites for hydroxylation is 2. The molecule has 1 aliphatic carbocycles. The summed E-state index contributed by atoms with van der Waals surface area (Å²) in [7, 11) is 1.81. The molecule has 7 heteroatoms. The Bertz CT molecular complexity index is 771. The zero-order valence-corrected chi connectivity index (χ0v) is 16.4. The van der Waals surface area contributed by atoms with Crippen molar-refractivity contribution >= 4 is 5.82 Å². The molecule has 2 fully saturated rings. The van der Waals surface area contributed by atoms with Gasteiger partial charge < -0.3 is 19.5 Å². The lowest BCUT2D eigenvalue weighted by Gasteiger charge is -2.40. The zero-order valence-electron chi connectivity index (χ0n) is 16.4. The zero-order chi connectivity index (χ0) is 18.8. The Morgan fingerprint density at radius 2 is 2.04 bits per heavy atom. The standard InChI is InChI=1S/C20H29N5O2/c1-13-10-16(20-22-14(2)24-27-20)19(21-11-13)25-9-8-17(18(12-25)26-3)23-15-6-4-5-7-15/h10-11,15,17-18,23H,4-9,12H2,1-3H3/t17-,18+/m0/s1. The summed E-state index contributed by atoms with van der Waals surface area (Å²) in [4.78, 5) is 11.4. The third kappa shape index (κ3) is 3.99. The molecule has 2 aromatic heterocycles. The highest BCUT2D eigenvalue weighted by atomic mass is 16.5. The van der Waals surface area contributed by atoms with Crippen molar-refractivity contribution in [2.24, 2.45) is 0 Å². The molecule has 2 atom stereocenters. The number of piperidine rings is 1. The summed E-state index contributed by atoms with van der Waals surface area (Å²) in [5, 5.41) is 7.78. The molecule has 0 spiro atoms. The van der Waals surface area contributed by atoms with Crippen LogP contribution in [0.4, 0.5) is 5.82 Å². The third-order valence-electron chi connectivity index (χ3n) is 5.73. The molecular formula is C20H29N5O2. The number of methoxy groups -OCH3 is 1. The van der Waals surface area contributed by atoms with E-state index >= 15 is 0 Å². The number of ether oxygens (including phenoxy) is 1. The normalized spacial score (nSPS) is 23.9. The minimum atomic E-state index is 0.139. The van der Waals surface area contributed by atoms with E-state index in [-0.39, 0.29) is 6.10 Å². The quantitative estimate of drug-likeness (QED) is 0.866. The topological polar surface area (TPSA) is 76.3 Å². The Balaban J connectivity index is 1.54. The molecule has 0 radical (unpaired) electrons. The van der Waals surface area contributed by atoms with Crippen LogP contribution < -0.4 is 10.2 Å². The number of anilines is 1. The van der Waals surface area contributed by atoms with Crippen LogP contribution in [0.25, 0.3) is 11.5 Å². The van der Waals surface area contributed by atoms with Crippen molar-refractivity contribution in [1.29, 1.82) is 0 Å². The van der Waals surface area contributed by atoms with Crippen molar-refractivity contribution in [1.82, 2.24) is 20.4 Å². The van der Waals surface area contributed by atoms with Gasteiger partial charge in [0.05, 0.1) is 11.7 Å². The third-order valence-corrected chi connectivity index (χ3v) is 5.73. The van der Waals surface area contributed by atoms with Gasteiger partial charge in [-0.2, -0.15) is 4.98 Å². The minimum absolute atomic E-state index is 0.139. The molecular weight excluding hydrogens is 342 g/mol. The Morgan fingerprint density at radius 1 is 1.22 bits per heavy atom. The number of aromatic nitrogens is 3. The van der Waals surface area contributed by atoms with Crippen molar-refractivity contribution in [2.45, 2.75) is 64.1 Å². The van der Waals surface area contributed by atoms with E-state index in [9.17, 15) is 0 Å². The molecule has 1 saturated heterocycles. The first-order valence-electron chi connectivity index (χ1n) is 9.95. The SMILES string of the molecule is CO[C@@H]1CN(c2ncc(C)cc2-c2nc(C)no2)CC[C@@H]1NC1CCCC1. The van der Waals surface area contributed by atoms with Crippen LogP contribution in [0.3, 0.4) is 0 Å². The van der Waals surface area contributed by atoms with Crippen molar-refractivity contribution in [3.63, 3.8) is 0 Å². The molecule has 0 bridgehead atoms. The number of nitrogens with zero attached hydrogens (tertiary/aromatic N) is 4. The van der Waals surface area contributed by atoms with E-state index in [0.717, 1.165) is 36.5 Å². The second kappa shape index (κ2) is 7.94. The van der Waals surface area contributed by atoms with Gasteiger partial charge in [0.25, 0.3) is 5.89 Å². The van der Waals surface area contributed by atoms with Gasteiger partial charge in [0.1, 0.15) is 5.82 Å². The molecule has 1 aliphatic heterocycles. The average Bonchev–Trinajstić information content (AvgIpc) is 3.34. The Kier molecular flexibility index (Phi) is 5.41. The Labute approximate surface area is 160 Å². The molecule has 146 valence electrons. The fraction of sp³-hybridized carbons (Fsp3) is 0.650. The molecule has 1 saturated carbocycles. The molecule has 27 heavy (non-hydrogen) atoms. The van der Waals surface area contributed by atoms with Crippen LogP contribution in [0.5, 0.6) is 0 Å². The second-order valence-corrected chi connectivity index (χ2v) is 7.79. The van der Waals surface area contributed by atoms with Crippen molar-refractivity contribution in [3.05, 3.63) is 23.7 Å². The van der Waals surface area contributed by atoms with Crippen LogP contribution in [0.2, 0.25) is 0 Å².